The molecule has 0 aliphatic heterocycles. The van der Waals surface area contributed by atoms with E-state index in [4.69, 9.17) is 0 Å². The summed E-state index contributed by atoms with van der Waals surface area (Å²) in [5, 5.41) is 0. The highest BCUT2D eigenvalue weighted by Crippen LogP contribution is 2.34. The van der Waals surface area contributed by atoms with Crippen LogP contribution in [0, 0.1) is 0 Å². The number of benzene rings is 1. The van der Waals surface area contributed by atoms with Gasteiger partial charge in [0.05, 0.1) is 6.04 Å². The first-order valence-corrected chi connectivity index (χ1v) is 5.21. The Bertz CT molecular complexity index is 397. The molecule has 0 unspecified atom stereocenters. The van der Waals surface area contributed by atoms with Gasteiger partial charge >= 0.3 is 0 Å². The number of nitrogens with zero attached hydrogens (tertiary/aromatic N) is 1. The number of hydrogen-bond donors (Lipinski definition) is 0. The van der Waals surface area contributed by atoms with Crippen LogP contribution in [0.2, 0.25) is 0 Å². The smallest absolute Gasteiger partial charge is 0.246 e. The lowest BCUT2D eigenvalue weighted by Gasteiger charge is -2.24. The Labute approximate surface area is 90.2 Å². The minimum atomic E-state index is -0.00305. The average Bonchev–Trinajstić information content (AvgIpc) is 2.70. The van der Waals surface area contributed by atoms with Gasteiger partial charge in [0.15, 0.2) is 0 Å². The Kier molecular flexibility index (Phi) is 2.58. The maximum Gasteiger partial charge on any atom is 0.246 e. The van der Waals surface area contributed by atoms with Crippen LogP contribution in [0.25, 0.3) is 0 Å². The highest BCUT2D eigenvalue weighted by molar-refractivity contribution is 5.87. The van der Waals surface area contributed by atoms with E-state index < -0.39 is 0 Å². The predicted octanol–water partition coefficient (Wildman–Crippen LogP) is 2.32. The van der Waals surface area contributed by atoms with E-state index in [9.17, 15) is 4.79 Å². The quantitative estimate of drug-likeness (QED) is 0.672. The molecule has 2 rings (SSSR count). The summed E-state index contributed by atoms with van der Waals surface area (Å²) in [7, 11) is 1.84. The van der Waals surface area contributed by atoms with E-state index in [2.05, 4.69) is 24.8 Å². The van der Waals surface area contributed by atoms with Gasteiger partial charge in [0.25, 0.3) is 0 Å². The topological polar surface area (TPSA) is 20.3 Å². The van der Waals surface area contributed by atoms with Crippen LogP contribution in [-0.4, -0.2) is 17.9 Å². The second-order valence-electron chi connectivity index (χ2n) is 3.91. The third-order valence-electron chi connectivity index (χ3n) is 3.09. The van der Waals surface area contributed by atoms with Crippen LogP contribution in [0.3, 0.4) is 0 Å². The Hall–Kier alpha value is -1.57. The molecule has 0 saturated heterocycles. The van der Waals surface area contributed by atoms with Crippen LogP contribution in [0.15, 0.2) is 36.9 Å². The van der Waals surface area contributed by atoms with Crippen molar-refractivity contribution in [3.05, 3.63) is 48.0 Å². The lowest BCUT2D eigenvalue weighted by atomic mass is 10.1. The molecule has 0 radical (unpaired) electrons. The number of rotatable bonds is 2. The van der Waals surface area contributed by atoms with Crippen molar-refractivity contribution in [3.63, 3.8) is 0 Å². The molecule has 1 aliphatic carbocycles. The highest BCUT2D eigenvalue weighted by Gasteiger charge is 2.26. The molecule has 0 spiro atoms. The molecule has 1 aromatic carbocycles. The van der Waals surface area contributed by atoms with Gasteiger partial charge in [-0.25, -0.2) is 0 Å². The first kappa shape index (κ1) is 9.97. The molecule has 78 valence electrons. The number of fused-ring (bicyclic) bond motifs is 1. The summed E-state index contributed by atoms with van der Waals surface area (Å²) < 4.78 is 0. The number of carbonyl (C=O) groups is 1. The highest BCUT2D eigenvalue weighted by atomic mass is 16.2. The van der Waals surface area contributed by atoms with Crippen LogP contribution in [-0.2, 0) is 11.2 Å². The molecule has 1 atom stereocenters. The Morgan fingerprint density at radius 1 is 1.53 bits per heavy atom. The predicted molar refractivity (Wildman–Crippen MR) is 60.5 cm³/mol. The largest absolute Gasteiger partial charge is 0.335 e. The number of likely N-dealkylation sites (N-methyl/N-ethyl adjacent to an activating group) is 1. The monoisotopic (exact) mass is 201 g/mol. The van der Waals surface area contributed by atoms with Gasteiger partial charge in [0, 0.05) is 7.05 Å². The standard InChI is InChI=1S/C13H15NO/c1-3-13(15)14(2)12-9-8-10-6-4-5-7-11(10)12/h3-7,12H,1,8-9H2,2H3/t12-/m0/s1. The molecule has 0 fully saturated rings. The molecule has 2 heteroatoms. The van der Waals surface area contributed by atoms with Crippen molar-refractivity contribution in [2.75, 3.05) is 7.05 Å². The van der Waals surface area contributed by atoms with Crippen molar-refractivity contribution in [2.24, 2.45) is 0 Å². The molecular formula is C13H15NO. The van der Waals surface area contributed by atoms with Crippen LogP contribution >= 0.6 is 0 Å². The minimum absolute atomic E-state index is 0.00305. The van der Waals surface area contributed by atoms with Crippen molar-refractivity contribution >= 4 is 5.91 Å². The fourth-order valence-electron chi connectivity index (χ4n) is 2.23. The molecule has 0 aromatic heterocycles. The van der Waals surface area contributed by atoms with E-state index in [1.54, 1.807) is 4.90 Å². The number of carbonyl (C=O) groups excluding carboxylic acids is 1. The number of aryl methyl sites for hydroxylation is 1. The zero-order valence-corrected chi connectivity index (χ0v) is 8.94. The van der Waals surface area contributed by atoms with Crippen LogP contribution in [0.5, 0.6) is 0 Å². The summed E-state index contributed by atoms with van der Waals surface area (Å²) in [5.74, 6) is -0.00305. The zero-order chi connectivity index (χ0) is 10.8. The number of hydrogen-bond acceptors (Lipinski definition) is 1. The Balaban J connectivity index is 2.27. The van der Waals surface area contributed by atoms with Gasteiger partial charge in [0.2, 0.25) is 5.91 Å². The first-order chi connectivity index (χ1) is 7.24. The van der Waals surface area contributed by atoms with E-state index in [-0.39, 0.29) is 11.9 Å². The van der Waals surface area contributed by atoms with Crippen molar-refractivity contribution in [1.29, 1.82) is 0 Å². The Morgan fingerprint density at radius 2 is 2.27 bits per heavy atom. The van der Waals surface area contributed by atoms with Gasteiger partial charge in [-0.15, -0.1) is 0 Å². The average molecular weight is 201 g/mol. The summed E-state index contributed by atoms with van der Waals surface area (Å²) in [5.41, 5.74) is 2.65. The van der Waals surface area contributed by atoms with Crippen LogP contribution < -0.4 is 0 Å². The lowest BCUT2D eigenvalue weighted by Crippen LogP contribution is -2.28. The molecule has 0 bridgehead atoms. The first-order valence-electron chi connectivity index (χ1n) is 5.21. The van der Waals surface area contributed by atoms with Gasteiger partial charge in [-0.1, -0.05) is 30.8 Å². The summed E-state index contributed by atoms with van der Waals surface area (Å²) in [6.45, 7) is 3.52. The minimum Gasteiger partial charge on any atom is -0.335 e. The van der Waals surface area contributed by atoms with E-state index >= 15 is 0 Å². The van der Waals surface area contributed by atoms with Gasteiger partial charge in [-0.05, 0) is 30.0 Å². The molecule has 2 nitrogen and oxygen atoms in total. The molecule has 0 N–H and O–H groups in total. The molecule has 15 heavy (non-hydrogen) atoms. The fraction of sp³-hybridized carbons (Fsp3) is 0.308. The van der Waals surface area contributed by atoms with Crippen LogP contribution in [0.4, 0.5) is 0 Å². The molecule has 0 saturated carbocycles. The van der Waals surface area contributed by atoms with Crippen molar-refractivity contribution in [2.45, 2.75) is 18.9 Å². The van der Waals surface area contributed by atoms with Gasteiger partial charge < -0.3 is 4.90 Å². The molecule has 1 amide bonds. The molecule has 0 heterocycles. The summed E-state index contributed by atoms with van der Waals surface area (Å²) >= 11 is 0. The molecule has 1 aromatic rings. The fourth-order valence-corrected chi connectivity index (χ4v) is 2.23. The van der Waals surface area contributed by atoms with E-state index in [0.29, 0.717) is 0 Å². The van der Waals surface area contributed by atoms with Gasteiger partial charge in [0.1, 0.15) is 0 Å². The Morgan fingerprint density at radius 3 is 3.00 bits per heavy atom. The van der Waals surface area contributed by atoms with E-state index in [1.165, 1.54) is 17.2 Å². The third-order valence-corrected chi connectivity index (χ3v) is 3.09. The second kappa shape index (κ2) is 3.89. The van der Waals surface area contributed by atoms with Crippen LogP contribution in [0.1, 0.15) is 23.6 Å². The van der Waals surface area contributed by atoms with Crippen molar-refractivity contribution in [1.82, 2.24) is 4.90 Å². The normalized spacial score (nSPS) is 18.3. The van der Waals surface area contributed by atoms with Crippen molar-refractivity contribution in [3.8, 4) is 0 Å². The SMILES string of the molecule is C=CC(=O)N(C)[C@H]1CCc2ccccc21. The second-order valence-corrected chi connectivity index (χ2v) is 3.91. The zero-order valence-electron chi connectivity index (χ0n) is 8.94. The maximum absolute atomic E-state index is 11.5. The summed E-state index contributed by atoms with van der Waals surface area (Å²) in [6.07, 6.45) is 3.46. The van der Waals surface area contributed by atoms with Crippen molar-refractivity contribution < 1.29 is 4.79 Å². The lowest BCUT2D eigenvalue weighted by molar-refractivity contribution is -0.126. The van der Waals surface area contributed by atoms with E-state index in [1.807, 2.05) is 13.1 Å². The van der Waals surface area contributed by atoms with Gasteiger partial charge in [-0.3, -0.25) is 4.79 Å². The summed E-state index contributed by atoms with van der Waals surface area (Å²) in [6, 6.07) is 8.56. The molecule has 1 aliphatic rings. The number of amides is 1. The van der Waals surface area contributed by atoms with Gasteiger partial charge in [-0.2, -0.15) is 0 Å². The third kappa shape index (κ3) is 1.67. The molecular weight excluding hydrogens is 186 g/mol. The maximum atomic E-state index is 11.5. The van der Waals surface area contributed by atoms with E-state index in [0.717, 1.165) is 12.8 Å². The summed E-state index contributed by atoms with van der Waals surface area (Å²) in [4.78, 5) is 13.3.